The van der Waals surface area contributed by atoms with Crippen molar-refractivity contribution >= 4 is 21.6 Å². The number of hydrogen-bond donors (Lipinski definition) is 2. The highest BCUT2D eigenvalue weighted by Crippen LogP contribution is 2.21. The molecule has 7 nitrogen and oxygen atoms in total. The summed E-state index contributed by atoms with van der Waals surface area (Å²) in [6.07, 6.45) is 3.95. The van der Waals surface area contributed by atoms with E-state index in [-0.39, 0.29) is 17.3 Å². The van der Waals surface area contributed by atoms with Gasteiger partial charge in [-0.15, -0.1) is 0 Å². The molecule has 30 heavy (non-hydrogen) atoms. The minimum atomic E-state index is -3.48. The van der Waals surface area contributed by atoms with Gasteiger partial charge in [-0.05, 0) is 54.8 Å². The van der Waals surface area contributed by atoms with Crippen LogP contribution in [0.4, 0.5) is 5.69 Å². The van der Waals surface area contributed by atoms with Crippen LogP contribution in [0.1, 0.15) is 31.2 Å². The summed E-state index contributed by atoms with van der Waals surface area (Å²) in [4.78, 5) is 12.4. The molecule has 2 N–H and O–H groups in total. The molecule has 8 heteroatoms. The molecular weight excluding hydrogens is 402 g/mol. The van der Waals surface area contributed by atoms with Crippen molar-refractivity contribution in [2.24, 2.45) is 0 Å². The van der Waals surface area contributed by atoms with Crippen molar-refractivity contribution in [1.29, 1.82) is 0 Å². The second-order valence-corrected chi connectivity index (χ2v) is 9.28. The summed E-state index contributed by atoms with van der Waals surface area (Å²) in [6.45, 7) is 1.85. The number of anilines is 1. The van der Waals surface area contributed by atoms with Gasteiger partial charge in [-0.1, -0.05) is 25.0 Å². The van der Waals surface area contributed by atoms with E-state index in [1.807, 2.05) is 24.3 Å². The van der Waals surface area contributed by atoms with Crippen molar-refractivity contribution < 1.29 is 17.9 Å². The molecule has 1 heterocycles. The largest absolute Gasteiger partial charge is 0.497 e. The van der Waals surface area contributed by atoms with E-state index in [1.54, 1.807) is 35.7 Å². The molecule has 0 saturated carbocycles. The second kappa shape index (κ2) is 10.6. The van der Waals surface area contributed by atoms with Crippen LogP contribution in [-0.2, 0) is 21.4 Å². The SMILES string of the molecule is COc1ccc(CNCC(=O)Nc2ccc(S(=O)(=O)N3CCCCCC3)cc2)cc1. The third-order valence-electron chi connectivity index (χ3n) is 5.11. The monoisotopic (exact) mass is 431 g/mol. The Kier molecular flexibility index (Phi) is 7.84. The van der Waals surface area contributed by atoms with Gasteiger partial charge < -0.3 is 15.4 Å². The Labute approximate surface area is 178 Å². The van der Waals surface area contributed by atoms with Crippen LogP contribution >= 0.6 is 0 Å². The van der Waals surface area contributed by atoms with E-state index in [0.717, 1.165) is 37.0 Å². The predicted molar refractivity (Wildman–Crippen MR) is 117 cm³/mol. The maximum Gasteiger partial charge on any atom is 0.243 e. The summed E-state index contributed by atoms with van der Waals surface area (Å²) in [5.41, 5.74) is 1.62. The van der Waals surface area contributed by atoms with E-state index < -0.39 is 10.0 Å². The third kappa shape index (κ3) is 6.04. The molecule has 1 aliphatic heterocycles. The third-order valence-corrected chi connectivity index (χ3v) is 7.03. The lowest BCUT2D eigenvalue weighted by molar-refractivity contribution is -0.115. The van der Waals surface area contributed by atoms with Crippen molar-refractivity contribution in [2.75, 3.05) is 32.1 Å². The van der Waals surface area contributed by atoms with Gasteiger partial charge in [0.1, 0.15) is 5.75 Å². The van der Waals surface area contributed by atoms with E-state index in [9.17, 15) is 13.2 Å². The Morgan fingerprint density at radius 2 is 1.60 bits per heavy atom. The predicted octanol–water partition coefficient (Wildman–Crippen LogP) is 2.99. The summed E-state index contributed by atoms with van der Waals surface area (Å²) in [5.74, 6) is 0.601. The summed E-state index contributed by atoms with van der Waals surface area (Å²) >= 11 is 0. The van der Waals surface area contributed by atoms with Crippen molar-refractivity contribution in [3.05, 3.63) is 54.1 Å². The lowest BCUT2D eigenvalue weighted by atomic mass is 10.2. The van der Waals surface area contributed by atoms with Crippen molar-refractivity contribution in [3.8, 4) is 5.75 Å². The van der Waals surface area contributed by atoms with Gasteiger partial charge >= 0.3 is 0 Å². The van der Waals surface area contributed by atoms with E-state index in [2.05, 4.69) is 10.6 Å². The molecule has 0 unspecified atom stereocenters. The van der Waals surface area contributed by atoms with Gasteiger partial charge in [-0.25, -0.2) is 8.42 Å². The average molecular weight is 432 g/mol. The number of nitrogens with zero attached hydrogens (tertiary/aromatic N) is 1. The van der Waals surface area contributed by atoms with Gasteiger partial charge in [0.15, 0.2) is 0 Å². The molecule has 0 atom stereocenters. The fraction of sp³-hybridized carbons (Fsp3) is 0.409. The highest BCUT2D eigenvalue weighted by atomic mass is 32.2. The zero-order chi connectivity index (χ0) is 21.4. The summed E-state index contributed by atoms with van der Waals surface area (Å²) in [7, 11) is -1.86. The molecule has 1 aliphatic rings. The van der Waals surface area contributed by atoms with Gasteiger partial charge in [0.05, 0.1) is 18.6 Å². The maximum atomic E-state index is 12.8. The van der Waals surface area contributed by atoms with E-state index in [1.165, 1.54) is 0 Å². The van der Waals surface area contributed by atoms with Crippen LogP contribution in [-0.4, -0.2) is 45.4 Å². The van der Waals surface area contributed by atoms with Crippen LogP contribution in [0.3, 0.4) is 0 Å². The highest BCUT2D eigenvalue weighted by molar-refractivity contribution is 7.89. The molecule has 0 aromatic heterocycles. The van der Waals surface area contributed by atoms with Gasteiger partial charge in [0.2, 0.25) is 15.9 Å². The second-order valence-electron chi connectivity index (χ2n) is 7.34. The van der Waals surface area contributed by atoms with Crippen LogP contribution in [0.25, 0.3) is 0 Å². The first-order chi connectivity index (χ1) is 14.5. The standard InChI is InChI=1S/C22H29N3O4S/c1-29-20-10-6-18(7-11-20)16-23-17-22(26)24-19-8-12-21(13-9-19)30(27,28)25-14-4-2-3-5-15-25/h6-13,23H,2-5,14-17H2,1H3,(H,24,26). The number of sulfonamides is 1. The maximum absolute atomic E-state index is 12.8. The van der Waals surface area contributed by atoms with Crippen LogP contribution in [0, 0.1) is 0 Å². The Hall–Kier alpha value is -2.42. The lowest BCUT2D eigenvalue weighted by Gasteiger charge is -2.20. The van der Waals surface area contributed by atoms with E-state index in [4.69, 9.17) is 4.74 Å². The highest BCUT2D eigenvalue weighted by Gasteiger charge is 2.24. The van der Waals surface area contributed by atoms with Gasteiger partial charge in [0, 0.05) is 25.3 Å². The van der Waals surface area contributed by atoms with Crippen LogP contribution in [0.15, 0.2) is 53.4 Å². The fourth-order valence-corrected chi connectivity index (χ4v) is 4.93. The molecule has 162 valence electrons. The van der Waals surface area contributed by atoms with Crippen molar-refractivity contribution in [3.63, 3.8) is 0 Å². The number of carbonyl (C=O) groups is 1. The number of carbonyl (C=O) groups excluding carboxylic acids is 1. The van der Waals surface area contributed by atoms with E-state index >= 15 is 0 Å². The van der Waals surface area contributed by atoms with E-state index in [0.29, 0.717) is 25.3 Å². The molecule has 2 aromatic rings. The minimum absolute atomic E-state index is 0.153. The quantitative estimate of drug-likeness (QED) is 0.671. The first-order valence-electron chi connectivity index (χ1n) is 10.2. The summed E-state index contributed by atoms with van der Waals surface area (Å²) < 4.78 is 32.3. The number of ether oxygens (including phenoxy) is 1. The Morgan fingerprint density at radius 1 is 0.967 bits per heavy atom. The number of amides is 1. The topological polar surface area (TPSA) is 87.7 Å². The number of rotatable bonds is 8. The molecular formula is C22H29N3O4S. The van der Waals surface area contributed by atoms with Crippen LogP contribution in [0.5, 0.6) is 5.75 Å². The fourth-order valence-electron chi connectivity index (χ4n) is 3.41. The van der Waals surface area contributed by atoms with Gasteiger partial charge in [0.25, 0.3) is 0 Å². The lowest BCUT2D eigenvalue weighted by Crippen LogP contribution is -2.32. The zero-order valence-corrected chi connectivity index (χ0v) is 18.1. The first kappa shape index (κ1) is 22.3. The Balaban J connectivity index is 1.50. The van der Waals surface area contributed by atoms with Crippen molar-refractivity contribution in [2.45, 2.75) is 37.1 Å². The molecule has 1 saturated heterocycles. The molecule has 1 fully saturated rings. The van der Waals surface area contributed by atoms with Crippen LogP contribution < -0.4 is 15.4 Å². The molecule has 2 aromatic carbocycles. The number of hydrogen-bond acceptors (Lipinski definition) is 5. The Bertz CT molecular complexity index is 920. The summed E-state index contributed by atoms with van der Waals surface area (Å²) in [5, 5.41) is 5.87. The average Bonchev–Trinajstić information content (AvgIpc) is 3.05. The minimum Gasteiger partial charge on any atom is -0.497 e. The Morgan fingerprint density at radius 3 is 2.20 bits per heavy atom. The van der Waals surface area contributed by atoms with Gasteiger partial charge in [-0.2, -0.15) is 4.31 Å². The molecule has 0 aliphatic carbocycles. The molecule has 0 bridgehead atoms. The summed E-state index contributed by atoms with van der Waals surface area (Å²) in [6, 6.07) is 14.0. The van der Waals surface area contributed by atoms with Crippen molar-refractivity contribution in [1.82, 2.24) is 9.62 Å². The number of benzene rings is 2. The normalized spacial score (nSPS) is 15.4. The molecule has 1 amide bonds. The number of nitrogens with one attached hydrogen (secondary N) is 2. The van der Waals surface area contributed by atoms with Gasteiger partial charge in [-0.3, -0.25) is 4.79 Å². The molecule has 0 radical (unpaired) electrons. The van der Waals surface area contributed by atoms with Crippen LogP contribution in [0.2, 0.25) is 0 Å². The smallest absolute Gasteiger partial charge is 0.243 e. The molecule has 0 spiro atoms. The number of methoxy groups -OCH3 is 1. The zero-order valence-electron chi connectivity index (χ0n) is 17.3. The molecule has 3 rings (SSSR count). The first-order valence-corrected chi connectivity index (χ1v) is 11.7.